The molecule has 2 amide bonds. The summed E-state index contributed by atoms with van der Waals surface area (Å²) in [6.07, 6.45) is 1.31. The molecule has 142 valence electrons. The average molecular weight is 368 g/mol. The van der Waals surface area contributed by atoms with E-state index in [9.17, 15) is 9.59 Å². The van der Waals surface area contributed by atoms with E-state index in [4.69, 9.17) is 9.47 Å². The predicted molar refractivity (Wildman–Crippen MR) is 103 cm³/mol. The lowest BCUT2D eigenvalue weighted by atomic mass is 10.1. The molecule has 0 bridgehead atoms. The van der Waals surface area contributed by atoms with Gasteiger partial charge in [-0.15, -0.1) is 0 Å². The van der Waals surface area contributed by atoms with Gasteiger partial charge in [-0.1, -0.05) is 18.2 Å². The number of para-hydroxylation sites is 1. The highest BCUT2D eigenvalue weighted by Crippen LogP contribution is 2.22. The molecule has 1 aliphatic rings. The molecule has 6 nitrogen and oxygen atoms in total. The number of anilines is 1. The SMILES string of the molecule is COc1cccc(O[C@@H](C)C(=O)Nc2ccccc2C(=O)N2CCCC2)c1. The Morgan fingerprint density at radius 1 is 1.04 bits per heavy atom. The lowest BCUT2D eigenvalue weighted by Gasteiger charge is -2.19. The molecule has 1 saturated heterocycles. The minimum atomic E-state index is -0.730. The number of carbonyl (C=O) groups excluding carboxylic acids is 2. The van der Waals surface area contributed by atoms with Crippen molar-refractivity contribution in [2.75, 3.05) is 25.5 Å². The summed E-state index contributed by atoms with van der Waals surface area (Å²) in [5.74, 6) is 0.823. The number of likely N-dealkylation sites (tertiary alicyclic amines) is 1. The number of methoxy groups -OCH3 is 1. The quantitative estimate of drug-likeness (QED) is 0.849. The maximum absolute atomic E-state index is 12.7. The van der Waals surface area contributed by atoms with Gasteiger partial charge in [0.25, 0.3) is 11.8 Å². The van der Waals surface area contributed by atoms with E-state index in [-0.39, 0.29) is 11.8 Å². The third-order valence-corrected chi connectivity index (χ3v) is 4.53. The lowest BCUT2D eigenvalue weighted by Crippen LogP contribution is -2.32. The number of nitrogens with zero attached hydrogens (tertiary/aromatic N) is 1. The Labute approximate surface area is 159 Å². The van der Waals surface area contributed by atoms with Crippen LogP contribution in [0.2, 0.25) is 0 Å². The van der Waals surface area contributed by atoms with Crippen LogP contribution >= 0.6 is 0 Å². The van der Waals surface area contributed by atoms with Crippen LogP contribution in [-0.2, 0) is 4.79 Å². The molecule has 1 aliphatic heterocycles. The first-order valence-electron chi connectivity index (χ1n) is 9.08. The van der Waals surface area contributed by atoms with Crippen molar-refractivity contribution >= 4 is 17.5 Å². The van der Waals surface area contributed by atoms with Gasteiger partial charge in [-0.05, 0) is 44.0 Å². The van der Waals surface area contributed by atoms with Crippen molar-refractivity contribution in [3.05, 3.63) is 54.1 Å². The van der Waals surface area contributed by atoms with Crippen molar-refractivity contribution in [2.45, 2.75) is 25.9 Å². The van der Waals surface area contributed by atoms with E-state index in [0.29, 0.717) is 22.7 Å². The molecule has 1 fully saturated rings. The first-order chi connectivity index (χ1) is 13.1. The van der Waals surface area contributed by atoms with Crippen LogP contribution in [0.15, 0.2) is 48.5 Å². The van der Waals surface area contributed by atoms with Crippen LogP contribution in [0.1, 0.15) is 30.1 Å². The third kappa shape index (κ3) is 4.58. The van der Waals surface area contributed by atoms with Gasteiger partial charge in [-0.2, -0.15) is 0 Å². The van der Waals surface area contributed by atoms with Crippen molar-refractivity contribution in [1.29, 1.82) is 0 Å². The molecular weight excluding hydrogens is 344 g/mol. The molecular formula is C21H24N2O4. The molecule has 3 rings (SSSR count). The molecule has 2 aromatic rings. The number of hydrogen-bond acceptors (Lipinski definition) is 4. The second-order valence-corrected chi connectivity index (χ2v) is 6.47. The first kappa shape index (κ1) is 18.8. The van der Waals surface area contributed by atoms with Gasteiger partial charge in [-0.3, -0.25) is 9.59 Å². The maximum atomic E-state index is 12.7. The van der Waals surface area contributed by atoms with Crippen LogP contribution in [-0.4, -0.2) is 43.0 Å². The number of carbonyl (C=O) groups is 2. The first-order valence-corrected chi connectivity index (χ1v) is 9.08. The van der Waals surface area contributed by atoms with Crippen molar-refractivity contribution in [1.82, 2.24) is 4.90 Å². The van der Waals surface area contributed by atoms with Gasteiger partial charge in [0.15, 0.2) is 6.10 Å². The van der Waals surface area contributed by atoms with E-state index in [2.05, 4.69) is 5.32 Å². The summed E-state index contributed by atoms with van der Waals surface area (Å²) in [5, 5.41) is 2.82. The van der Waals surface area contributed by atoms with Gasteiger partial charge in [0, 0.05) is 19.2 Å². The zero-order valence-electron chi connectivity index (χ0n) is 15.6. The molecule has 0 aromatic heterocycles. The summed E-state index contributed by atoms with van der Waals surface area (Å²) in [4.78, 5) is 27.1. The molecule has 1 atom stereocenters. The van der Waals surface area contributed by atoms with Gasteiger partial charge in [0.1, 0.15) is 11.5 Å². The smallest absolute Gasteiger partial charge is 0.265 e. The molecule has 0 radical (unpaired) electrons. The van der Waals surface area contributed by atoms with E-state index < -0.39 is 6.10 Å². The second kappa shape index (κ2) is 8.58. The summed E-state index contributed by atoms with van der Waals surface area (Å²) in [6.45, 7) is 3.19. The van der Waals surface area contributed by atoms with Gasteiger partial charge in [0.2, 0.25) is 0 Å². The van der Waals surface area contributed by atoms with Crippen LogP contribution in [0.5, 0.6) is 11.5 Å². The Balaban J connectivity index is 1.69. The van der Waals surface area contributed by atoms with Crippen LogP contribution in [0.3, 0.4) is 0 Å². The van der Waals surface area contributed by atoms with Crippen molar-refractivity contribution in [2.24, 2.45) is 0 Å². The number of rotatable bonds is 6. The number of ether oxygens (including phenoxy) is 2. The van der Waals surface area contributed by atoms with Crippen molar-refractivity contribution < 1.29 is 19.1 Å². The number of benzene rings is 2. The van der Waals surface area contributed by atoms with E-state index >= 15 is 0 Å². The monoisotopic (exact) mass is 368 g/mol. The molecule has 6 heteroatoms. The Morgan fingerprint density at radius 3 is 2.48 bits per heavy atom. The maximum Gasteiger partial charge on any atom is 0.265 e. The highest BCUT2D eigenvalue weighted by atomic mass is 16.5. The molecule has 0 unspecified atom stereocenters. The third-order valence-electron chi connectivity index (χ3n) is 4.53. The summed E-state index contributed by atoms with van der Waals surface area (Å²) < 4.78 is 10.9. The highest BCUT2D eigenvalue weighted by molar-refractivity contribution is 6.04. The van der Waals surface area contributed by atoms with Crippen LogP contribution in [0.4, 0.5) is 5.69 Å². The lowest BCUT2D eigenvalue weighted by molar-refractivity contribution is -0.122. The average Bonchev–Trinajstić information content (AvgIpc) is 3.23. The molecule has 0 spiro atoms. The molecule has 0 saturated carbocycles. The molecule has 0 aliphatic carbocycles. The molecule has 1 N–H and O–H groups in total. The van der Waals surface area contributed by atoms with Crippen LogP contribution in [0, 0.1) is 0 Å². The zero-order chi connectivity index (χ0) is 19.2. The predicted octanol–water partition coefficient (Wildman–Crippen LogP) is 3.34. The van der Waals surface area contributed by atoms with Crippen LogP contribution < -0.4 is 14.8 Å². The van der Waals surface area contributed by atoms with Gasteiger partial charge in [0.05, 0.1) is 18.4 Å². The van der Waals surface area contributed by atoms with E-state index in [0.717, 1.165) is 25.9 Å². The number of amides is 2. The Hall–Kier alpha value is -3.02. The van der Waals surface area contributed by atoms with Gasteiger partial charge < -0.3 is 19.7 Å². The summed E-state index contributed by atoms with van der Waals surface area (Å²) in [7, 11) is 1.57. The number of hydrogen-bond donors (Lipinski definition) is 1. The summed E-state index contributed by atoms with van der Waals surface area (Å²) in [6, 6.07) is 14.1. The van der Waals surface area contributed by atoms with E-state index in [1.807, 2.05) is 4.90 Å². The number of nitrogens with one attached hydrogen (secondary N) is 1. The summed E-state index contributed by atoms with van der Waals surface area (Å²) in [5.41, 5.74) is 1.00. The topological polar surface area (TPSA) is 67.9 Å². The standard InChI is InChI=1S/C21H24N2O4/c1-15(27-17-9-7-8-16(14-17)26-2)20(24)22-19-11-4-3-10-18(19)21(25)23-12-5-6-13-23/h3-4,7-11,14-15H,5-6,12-13H2,1-2H3,(H,22,24)/t15-/m0/s1. The van der Waals surface area contributed by atoms with Gasteiger partial charge >= 0.3 is 0 Å². The minimum absolute atomic E-state index is 0.0511. The van der Waals surface area contributed by atoms with E-state index in [1.165, 1.54) is 0 Å². The fourth-order valence-corrected chi connectivity index (χ4v) is 3.04. The highest BCUT2D eigenvalue weighted by Gasteiger charge is 2.23. The Morgan fingerprint density at radius 2 is 1.74 bits per heavy atom. The van der Waals surface area contributed by atoms with Gasteiger partial charge in [-0.25, -0.2) is 0 Å². The Kier molecular flexibility index (Phi) is 5.96. The fraction of sp³-hybridized carbons (Fsp3) is 0.333. The second-order valence-electron chi connectivity index (χ2n) is 6.47. The van der Waals surface area contributed by atoms with Crippen molar-refractivity contribution in [3.8, 4) is 11.5 Å². The summed E-state index contributed by atoms with van der Waals surface area (Å²) >= 11 is 0. The fourth-order valence-electron chi connectivity index (χ4n) is 3.04. The van der Waals surface area contributed by atoms with Crippen molar-refractivity contribution in [3.63, 3.8) is 0 Å². The Bertz CT molecular complexity index is 815. The largest absolute Gasteiger partial charge is 0.497 e. The van der Waals surface area contributed by atoms with Crippen LogP contribution in [0.25, 0.3) is 0 Å². The molecule has 2 aromatic carbocycles. The minimum Gasteiger partial charge on any atom is -0.497 e. The van der Waals surface area contributed by atoms with E-state index in [1.54, 1.807) is 62.6 Å². The molecule has 1 heterocycles. The normalized spacial score (nSPS) is 14.5. The zero-order valence-corrected chi connectivity index (χ0v) is 15.6. The molecule has 27 heavy (non-hydrogen) atoms.